The second-order valence-electron chi connectivity index (χ2n) is 8.39. The van der Waals surface area contributed by atoms with Crippen LogP contribution in [0.15, 0.2) is 42.5 Å². The summed E-state index contributed by atoms with van der Waals surface area (Å²) in [5, 5.41) is 4.40. The molecule has 0 aliphatic carbocycles. The van der Waals surface area contributed by atoms with E-state index in [0.717, 1.165) is 37.2 Å². The highest BCUT2D eigenvalue weighted by Crippen LogP contribution is 2.36. The highest BCUT2D eigenvalue weighted by Gasteiger charge is 2.29. The number of rotatable bonds is 5. The number of carbonyl (C=O) groups excluding carboxylic acids is 1. The fraction of sp³-hybridized carbons (Fsp3) is 0.400. The van der Waals surface area contributed by atoms with Gasteiger partial charge in [-0.15, -0.1) is 0 Å². The first kappa shape index (κ1) is 20.5. The minimum absolute atomic E-state index is 0.0145. The van der Waals surface area contributed by atoms with Crippen LogP contribution in [0.3, 0.4) is 0 Å². The first-order chi connectivity index (χ1) is 14.5. The summed E-state index contributed by atoms with van der Waals surface area (Å²) in [6, 6.07) is 14.2. The fourth-order valence-electron chi connectivity index (χ4n) is 4.72. The van der Waals surface area contributed by atoms with Gasteiger partial charge in [0.25, 0.3) is 0 Å². The first-order valence-corrected chi connectivity index (χ1v) is 10.7. The Morgan fingerprint density at radius 3 is 2.63 bits per heavy atom. The molecule has 2 heterocycles. The zero-order valence-corrected chi connectivity index (χ0v) is 18.3. The molecule has 0 spiro atoms. The van der Waals surface area contributed by atoms with E-state index in [1.54, 1.807) is 7.11 Å². The third-order valence-electron chi connectivity index (χ3n) is 6.42. The summed E-state index contributed by atoms with van der Waals surface area (Å²) in [5.41, 5.74) is 5.76. The molecular formula is C25H31N3O2. The number of para-hydroxylation sites is 1. The van der Waals surface area contributed by atoms with E-state index >= 15 is 0 Å². The number of aromatic amines is 1. The minimum Gasteiger partial charge on any atom is -0.495 e. The lowest BCUT2D eigenvalue weighted by molar-refractivity contribution is -0.121. The topological polar surface area (TPSA) is 57.4 Å². The summed E-state index contributed by atoms with van der Waals surface area (Å²) in [6.07, 6.45) is 2.13. The van der Waals surface area contributed by atoms with Crippen LogP contribution in [0.2, 0.25) is 0 Å². The number of H-pyrrole nitrogens is 1. The Hall–Kier alpha value is -2.79. The normalized spacial score (nSPS) is 16.5. The minimum atomic E-state index is -0.180. The Morgan fingerprint density at radius 2 is 1.90 bits per heavy atom. The average Bonchev–Trinajstić information content (AvgIpc) is 3.09. The van der Waals surface area contributed by atoms with Gasteiger partial charge in [-0.25, -0.2) is 0 Å². The van der Waals surface area contributed by atoms with Crippen molar-refractivity contribution in [2.45, 2.75) is 45.6 Å². The lowest BCUT2D eigenvalue weighted by Gasteiger charge is -2.35. The number of likely N-dealkylation sites (tertiary alicyclic amines) is 1. The van der Waals surface area contributed by atoms with E-state index in [9.17, 15) is 4.79 Å². The predicted molar refractivity (Wildman–Crippen MR) is 122 cm³/mol. The van der Waals surface area contributed by atoms with Crippen molar-refractivity contribution in [2.75, 3.05) is 25.5 Å². The number of aromatic nitrogens is 1. The number of fused-ring (bicyclic) bond motifs is 1. The molecular weight excluding hydrogens is 374 g/mol. The third kappa shape index (κ3) is 3.94. The number of aryl methyl sites for hydroxylation is 2. The maximum atomic E-state index is 12.9. The van der Waals surface area contributed by atoms with Crippen LogP contribution in [0.25, 0.3) is 10.9 Å². The molecule has 158 valence electrons. The molecule has 4 rings (SSSR count). The van der Waals surface area contributed by atoms with E-state index in [1.807, 2.05) is 32.0 Å². The van der Waals surface area contributed by atoms with Gasteiger partial charge < -0.3 is 15.0 Å². The van der Waals surface area contributed by atoms with E-state index in [4.69, 9.17) is 4.74 Å². The Kier molecular flexibility index (Phi) is 5.82. The van der Waals surface area contributed by atoms with E-state index < -0.39 is 0 Å². The van der Waals surface area contributed by atoms with Crippen molar-refractivity contribution in [3.63, 3.8) is 0 Å². The first-order valence-electron chi connectivity index (χ1n) is 10.7. The lowest BCUT2D eigenvalue weighted by Crippen LogP contribution is -2.45. The molecule has 1 aliphatic rings. The molecule has 1 amide bonds. The molecule has 1 atom stereocenters. The van der Waals surface area contributed by atoms with Crippen molar-refractivity contribution < 1.29 is 9.53 Å². The number of amides is 1. The van der Waals surface area contributed by atoms with Gasteiger partial charge in [-0.3, -0.25) is 9.69 Å². The molecule has 5 heteroatoms. The molecule has 2 aromatic carbocycles. The number of piperidine rings is 1. The lowest BCUT2D eigenvalue weighted by atomic mass is 9.87. The largest absolute Gasteiger partial charge is 0.495 e. The number of ether oxygens (including phenoxy) is 1. The molecule has 0 radical (unpaired) electrons. The zero-order chi connectivity index (χ0) is 21.3. The van der Waals surface area contributed by atoms with Gasteiger partial charge in [0.2, 0.25) is 5.91 Å². The summed E-state index contributed by atoms with van der Waals surface area (Å²) in [4.78, 5) is 18.7. The Labute approximate surface area is 178 Å². The van der Waals surface area contributed by atoms with Crippen molar-refractivity contribution in [1.29, 1.82) is 0 Å². The van der Waals surface area contributed by atoms with Gasteiger partial charge in [0, 0.05) is 16.6 Å². The van der Waals surface area contributed by atoms with Crippen molar-refractivity contribution in [3.8, 4) is 5.75 Å². The van der Waals surface area contributed by atoms with Crippen molar-refractivity contribution >= 4 is 22.5 Å². The SMILES string of the molecule is COc1ccc(C)cc1NC(=O)C(C)N1CCC(c2c(C)[nH]c3ccccc23)CC1. The van der Waals surface area contributed by atoms with Gasteiger partial charge in [-0.1, -0.05) is 24.3 Å². The molecule has 0 saturated carbocycles. The van der Waals surface area contributed by atoms with E-state index in [-0.39, 0.29) is 11.9 Å². The van der Waals surface area contributed by atoms with Crippen molar-refractivity contribution in [2.24, 2.45) is 0 Å². The zero-order valence-electron chi connectivity index (χ0n) is 18.3. The second-order valence-corrected chi connectivity index (χ2v) is 8.39. The average molecular weight is 406 g/mol. The molecule has 2 N–H and O–H groups in total. The Bertz CT molecular complexity index is 1050. The molecule has 30 heavy (non-hydrogen) atoms. The fourth-order valence-corrected chi connectivity index (χ4v) is 4.72. The van der Waals surface area contributed by atoms with Crippen LogP contribution in [0.4, 0.5) is 5.69 Å². The molecule has 1 aliphatic heterocycles. The van der Waals surface area contributed by atoms with E-state index in [2.05, 4.69) is 46.4 Å². The van der Waals surface area contributed by atoms with Gasteiger partial charge in [0.05, 0.1) is 18.8 Å². The van der Waals surface area contributed by atoms with Gasteiger partial charge in [0.15, 0.2) is 0 Å². The molecule has 1 unspecified atom stereocenters. The predicted octanol–water partition coefficient (Wildman–Crippen LogP) is 5.00. The number of carbonyl (C=O) groups is 1. The van der Waals surface area contributed by atoms with Crippen LogP contribution >= 0.6 is 0 Å². The Balaban J connectivity index is 1.42. The third-order valence-corrected chi connectivity index (χ3v) is 6.42. The quantitative estimate of drug-likeness (QED) is 0.628. The Morgan fingerprint density at radius 1 is 1.17 bits per heavy atom. The van der Waals surface area contributed by atoms with Crippen LogP contribution < -0.4 is 10.1 Å². The summed E-state index contributed by atoms with van der Waals surface area (Å²) in [6.45, 7) is 8.02. The smallest absolute Gasteiger partial charge is 0.241 e. The van der Waals surface area contributed by atoms with E-state index in [0.29, 0.717) is 11.7 Å². The summed E-state index contributed by atoms with van der Waals surface area (Å²) in [5.74, 6) is 1.24. The maximum absolute atomic E-state index is 12.9. The van der Waals surface area contributed by atoms with Gasteiger partial charge in [-0.2, -0.15) is 0 Å². The van der Waals surface area contributed by atoms with E-state index in [1.165, 1.54) is 22.2 Å². The maximum Gasteiger partial charge on any atom is 0.241 e. The number of nitrogens with one attached hydrogen (secondary N) is 2. The van der Waals surface area contributed by atoms with Crippen molar-refractivity contribution in [3.05, 3.63) is 59.3 Å². The summed E-state index contributed by atoms with van der Waals surface area (Å²) >= 11 is 0. The molecule has 1 aromatic heterocycles. The van der Waals surface area contributed by atoms with Crippen LogP contribution in [0, 0.1) is 13.8 Å². The number of nitrogens with zero attached hydrogens (tertiary/aromatic N) is 1. The number of hydrogen-bond donors (Lipinski definition) is 2. The number of hydrogen-bond acceptors (Lipinski definition) is 3. The van der Waals surface area contributed by atoms with Crippen LogP contribution in [0.5, 0.6) is 5.75 Å². The van der Waals surface area contributed by atoms with Crippen molar-refractivity contribution in [1.82, 2.24) is 9.88 Å². The van der Waals surface area contributed by atoms with Gasteiger partial charge in [-0.05, 0) is 81.9 Å². The molecule has 1 saturated heterocycles. The highest BCUT2D eigenvalue weighted by atomic mass is 16.5. The summed E-state index contributed by atoms with van der Waals surface area (Å²) < 4.78 is 5.40. The monoisotopic (exact) mass is 405 g/mol. The van der Waals surface area contributed by atoms with Crippen LogP contribution in [-0.2, 0) is 4.79 Å². The molecule has 0 bridgehead atoms. The second kappa shape index (κ2) is 8.52. The van der Waals surface area contributed by atoms with Gasteiger partial charge in [0.1, 0.15) is 5.75 Å². The number of anilines is 1. The highest BCUT2D eigenvalue weighted by molar-refractivity contribution is 5.96. The van der Waals surface area contributed by atoms with Gasteiger partial charge >= 0.3 is 0 Å². The molecule has 3 aromatic rings. The molecule has 1 fully saturated rings. The summed E-state index contributed by atoms with van der Waals surface area (Å²) in [7, 11) is 1.63. The molecule has 5 nitrogen and oxygen atoms in total. The van der Waals surface area contributed by atoms with Crippen LogP contribution in [0.1, 0.15) is 42.5 Å². The standard InChI is InChI=1S/C25H31N3O2/c1-16-9-10-23(30-4)22(15-16)27-25(29)18(3)28-13-11-19(12-14-28)24-17(2)26-21-8-6-5-7-20(21)24/h5-10,15,18-19,26H,11-14H2,1-4H3,(H,27,29). The number of methoxy groups -OCH3 is 1. The number of benzene rings is 2. The van der Waals surface area contributed by atoms with Crippen LogP contribution in [-0.4, -0.2) is 42.0 Å².